The van der Waals surface area contributed by atoms with Crippen molar-refractivity contribution in [3.63, 3.8) is 0 Å². The summed E-state index contributed by atoms with van der Waals surface area (Å²) in [6, 6.07) is 0. The summed E-state index contributed by atoms with van der Waals surface area (Å²) in [5.74, 6) is -2.60. The van der Waals surface area contributed by atoms with Crippen molar-refractivity contribution in [1.82, 2.24) is 10.2 Å². The van der Waals surface area contributed by atoms with Crippen LogP contribution in [0.5, 0.6) is 0 Å². The third-order valence-electron chi connectivity index (χ3n) is 4.32. The quantitative estimate of drug-likeness (QED) is 0.639. The van der Waals surface area contributed by atoms with Crippen LogP contribution < -0.4 is 5.32 Å². The molecule has 0 spiro atoms. The minimum Gasteiger partial charge on any atom is -0.481 e. The van der Waals surface area contributed by atoms with E-state index in [0.717, 1.165) is 32.8 Å². The second-order valence-corrected chi connectivity index (χ2v) is 5.59. The lowest BCUT2D eigenvalue weighted by atomic mass is 9.82. The van der Waals surface area contributed by atoms with Gasteiger partial charge in [0, 0.05) is 26.2 Å². The third-order valence-corrected chi connectivity index (χ3v) is 4.32. The van der Waals surface area contributed by atoms with Crippen molar-refractivity contribution >= 4 is 11.9 Å². The van der Waals surface area contributed by atoms with E-state index in [1.165, 1.54) is 0 Å². The average molecular weight is 296 g/mol. The molecule has 0 saturated carbocycles. The van der Waals surface area contributed by atoms with E-state index in [0.29, 0.717) is 6.54 Å². The molecule has 0 aromatic rings. The van der Waals surface area contributed by atoms with Gasteiger partial charge in [0.05, 0.1) is 31.3 Å². The van der Waals surface area contributed by atoms with Gasteiger partial charge in [-0.1, -0.05) is 12.2 Å². The highest BCUT2D eigenvalue weighted by Crippen LogP contribution is 2.39. The Labute approximate surface area is 122 Å². The van der Waals surface area contributed by atoms with Crippen molar-refractivity contribution in [3.8, 4) is 0 Å². The molecule has 0 aliphatic carbocycles. The fourth-order valence-electron chi connectivity index (χ4n) is 3.19. The number of morpholine rings is 1. The normalized spacial score (nSPS) is 35.0. The molecule has 3 heterocycles. The predicted octanol–water partition coefficient (Wildman–Crippen LogP) is -0.911. The molecule has 3 aliphatic heterocycles. The highest BCUT2D eigenvalue weighted by atomic mass is 16.5. The van der Waals surface area contributed by atoms with Crippen LogP contribution >= 0.6 is 0 Å². The van der Waals surface area contributed by atoms with Gasteiger partial charge in [0.1, 0.15) is 5.92 Å². The van der Waals surface area contributed by atoms with Gasteiger partial charge in [0.15, 0.2) is 0 Å². The van der Waals surface area contributed by atoms with E-state index in [2.05, 4.69) is 10.2 Å². The van der Waals surface area contributed by atoms with Gasteiger partial charge < -0.3 is 19.9 Å². The third kappa shape index (κ3) is 2.95. The molecule has 2 fully saturated rings. The van der Waals surface area contributed by atoms with Crippen LogP contribution in [0.15, 0.2) is 12.2 Å². The van der Waals surface area contributed by atoms with E-state index in [4.69, 9.17) is 9.47 Å². The molecule has 4 atom stereocenters. The second kappa shape index (κ2) is 6.13. The number of rotatable bonds is 5. The lowest BCUT2D eigenvalue weighted by molar-refractivity contribution is -0.146. The maximum atomic E-state index is 12.3. The van der Waals surface area contributed by atoms with Crippen LogP contribution in [0.1, 0.15) is 0 Å². The van der Waals surface area contributed by atoms with Crippen LogP contribution in [0.25, 0.3) is 0 Å². The van der Waals surface area contributed by atoms with Crippen molar-refractivity contribution in [1.29, 1.82) is 0 Å². The molecule has 0 unspecified atom stereocenters. The lowest BCUT2D eigenvalue weighted by Gasteiger charge is -2.27. The number of nitrogens with zero attached hydrogens (tertiary/aromatic N) is 1. The largest absolute Gasteiger partial charge is 0.481 e. The standard InChI is InChI=1S/C14H20N2O5/c17-13(15-3-4-16-5-7-20-8-6-16)11-9-1-2-10(21-9)12(11)14(18)19/h1-2,9-12H,3-8H2,(H,15,17)(H,18,19)/t9-,10-,11+,12+/m1/s1. The van der Waals surface area contributed by atoms with Crippen LogP contribution in [0.2, 0.25) is 0 Å². The number of hydrogen-bond donors (Lipinski definition) is 2. The monoisotopic (exact) mass is 296 g/mol. The first-order valence-electron chi connectivity index (χ1n) is 7.31. The van der Waals surface area contributed by atoms with Gasteiger partial charge in [-0.15, -0.1) is 0 Å². The number of carboxylic acids is 1. The van der Waals surface area contributed by atoms with Crippen LogP contribution in [-0.2, 0) is 19.1 Å². The first kappa shape index (κ1) is 14.5. The average Bonchev–Trinajstić information content (AvgIpc) is 3.08. The number of hydrogen-bond acceptors (Lipinski definition) is 5. The Kier molecular flexibility index (Phi) is 4.23. The summed E-state index contributed by atoms with van der Waals surface area (Å²) in [6.45, 7) is 4.45. The molecular weight excluding hydrogens is 276 g/mol. The highest BCUT2D eigenvalue weighted by molar-refractivity contribution is 5.87. The summed E-state index contributed by atoms with van der Waals surface area (Å²) in [5.41, 5.74) is 0. The molecule has 2 bridgehead atoms. The zero-order valence-electron chi connectivity index (χ0n) is 11.7. The number of amides is 1. The van der Waals surface area contributed by atoms with Gasteiger partial charge in [0.2, 0.25) is 5.91 Å². The Morgan fingerprint density at radius 2 is 1.86 bits per heavy atom. The molecule has 1 amide bonds. The van der Waals surface area contributed by atoms with E-state index >= 15 is 0 Å². The first-order chi connectivity index (χ1) is 10.2. The Bertz CT molecular complexity index is 447. The van der Waals surface area contributed by atoms with Gasteiger partial charge >= 0.3 is 5.97 Å². The van der Waals surface area contributed by atoms with E-state index in [1.807, 2.05) is 0 Å². The maximum absolute atomic E-state index is 12.3. The molecule has 3 rings (SSSR count). The molecule has 7 nitrogen and oxygen atoms in total. The topological polar surface area (TPSA) is 88.1 Å². The SMILES string of the molecule is O=C(O)[C@@H]1[C@@H](C(=O)NCCN2CCOCC2)[C@H]2C=C[C@H]1O2. The van der Waals surface area contributed by atoms with E-state index in [9.17, 15) is 14.7 Å². The predicted molar refractivity (Wildman–Crippen MR) is 72.7 cm³/mol. The van der Waals surface area contributed by atoms with Crippen LogP contribution in [-0.4, -0.2) is 73.5 Å². The second-order valence-electron chi connectivity index (χ2n) is 5.59. The zero-order valence-corrected chi connectivity index (χ0v) is 11.7. The van der Waals surface area contributed by atoms with Gasteiger partial charge in [0.25, 0.3) is 0 Å². The minimum absolute atomic E-state index is 0.229. The van der Waals surface area contributed by atoms with Crippen LogP contribution in [0.4, 0.5) is 0 Å². The summed E-state index contributed by atoms with van der Waals surface area (Å²) in [6.07, 6.45) is 2.65. The van der Waals surface area contributed by atoms with Gasteiger partial charge in [-0.3, -0.25) is 14.5 Å². The summed E-state index contributed by atoms with van der Waals surface area (Å²) >= 11 is 0. The Balaban J connectivity index is 1.50. The molecule has 2 N–H and O–H groups in total. The molecule has 0 aromatic heterocycles. The summed E-state index contributed by atoms with van der Waals surface area (Å²) in [4.78, 5) is 25.8. The number of nitrogens with one attached hydrogen (secondary N) is 1. The maximum Gasteiger partial charge on any atom is 0.310 e. The van der Waals surface area contributed by atoms with Crippen LogP contribution in [0, 0.1) is 11.8 Å². The van der Waals surface area contributed by atoms with Gasteiger partial charge in [-0.2, -0.15) is 0 Å². The van der Waals surface area contributed by atoms with Crippen molar-refractivity contribution in [2.75, 3.05) is 39.4 Å². The molecular formula is C14H20N2O5. The molecule has 21 heavy (non-hydrogen) atoms. The first-order valence-corrected chi connectivity index (χ1v) is 7.31. The number of aliphatic carboxylic acids is 1. The molecule has 116 valence electrons. The lowest BCUT2D eigenvalue weighted by Crippen LogP contribution is -2.46. The zero-order chi connectivity index (χ0) is 14.8. The Morgan fingerprint density at radius 1 is 1.19 bits per heavy atom. The summed E-state index contributed by atoms with van der Waals surface area (Å²) in [7, 11) is 0. The molecule has 3 aliphatic rings. The number of ether oxygens (including phenoxy) is 2. The van der Waals surface area contributed by atoms with E-state index in [1.54, 1.807) is 12.2 Å². The summed E-state index contributed by atoms with van der Waals surface area (Å²) in [5, 5.41) is 12.1. The Hall–Kier alpha value is -1.44. The highest BCUT2D eigenvalue weighted by Gasteiger charge is 2.53. The number of carbonyl (C=O) groups excluding carboxylic acids is 1. The fraction of sp³-hybridized carbons (Fsp3) is 0.714. The minimum atomic E-state index is -0.972. The van der Waals surface area contributed by atoms with Crippen molar-refractivity contribution in [2.45, 2.75) is 12.2 Å². The number of fused-ring (bicyclic) bond motifs is 2. The van der Waals surface area contributed by atoms with E-state index < -0.39 is 30.0 Å². The van der Waals surface area contributed by atoms with Crippen molar-refractivity contribution < 1.29 is 24.2 Å². The number of carboxylic acid groups (broad SMARTS) is 1. The number of carbonyl (C=O) groups is 2. The van der Waals surface area contributed by atoms with Crippen molar-refractivity contribution in [3.05, 3.63) is 12.2 Å². The molecule has 0 radical (unpaired) electrons. The molecule has 2 saturated heterocycles. The summed E-state index contributed by atoms with van der Waals surface area (Å²) < 4.78 is 10.8. The fourth-order valence-corrected chi connectivity index (χ4v) is 3.19. The smallest absolute Gasteiger partial charge is 0.310 e. The van der Waals surface area contributed by atoms with Gasteiger partial charge in [-0.05, 0) is 0 Å². The van der Waals surface area contributed by atoms with Crippen LogP contribution in [0.3, 0.4) is 0 Å². The Morgan fingerprint density at radius 3 is 2.52 bits per heavy atom. The van der Waals surface area contributed by atoms with Crippen molar-refractivity contribution in [2.24, 2.45) is 11.8 Å². The van der Waals surface area contributed by atoms with Gasteiger partial charge in [-0.25, -0.2) is 0 Å². The molecule has 7 heteroatoms. The molecule has 0 aromatic carbocycles. The van der Waals surface area contributed by atoms with E-state index in [-0.39, 0.29) is 5.91 Å².